The molecule has 0 saturated carbocycles. The quantitative estimate of drug-likeness (QED) is 0.510. The molecule has 2 rings (SSSR count). The van der Waals surface area contributed by atoms with Crippen molar-refractivity contribution in [3.05, 3.63) is 0 Å². The number of hydrogen-bond acceptors (Lipinski definition) is 8. The Balaban J connectivity index is 1.96. The molecule has 0 unspecified atom stereocenters. The van der Waals surface area contributed by atoms with Gasteiger partial charge < -0.3 is 25.4 Å². The number of hydrogen-bond donors (Lipinski definition) is 4. The fraction of sp³-hybridized carbons (Fsp3) is 0.917. The van der Waals surface area contributed by atoms with Crippen LogP contribution in [0.1, 0.15) is 20.3 Å². The molecule has 120 valence electrons. The summed E-state index contributed by atoms with van der Waals surface area (Å²) in [6.45, 7) is 2.85. The Bertz CT molecular complexity index is 416. The van der Waals surface area contributed by atoms with Crippen molar-refractivity contribution >= 4 is 17.7 Å². The minimum Gasteiger partial charge on any atom is -0.394 e. The summed E-state index contributed by atoms with van der Waals surface area (Å²) in [7, 11) is 0. The molecule has 2 heterocycles. The molecule has 0 aromatic heterocycles. The molecular formula is C12H21N3O5S. The zero-order valence-electron chi connectivity index (χ0n) is 12.0. The number of amides is 1. The Labute approximate surface area is 127 Å². The van der Waals surface area contributed by atoms with Crippen molar-refractivity contribution in [1.29, 1.82) is 0 Å². The van der Waals surface area contributed by atoms with Crippen LogP contribution in [-0.4, -0.2) is 69.0 Å². The maximum atomic E-state index is 11.3. The Morgan fingerprint density at radius 2 is 2.05 bits per heavy atom. The maximum Gasteiger partial charge on any atom is 0.217 e. The third-order valence-electron chi connectivity index (χ3n) is 3.55. The number of thioether (sulfide) groups is 1. The first-order chi connectivity index (χ1) is 9.86. The molecule has 0 aromatic carbocycles. The Morgan fingerprint density at radius 3 is 2.57 bits per heavy atom. The lowest BCUT2D eigenvalue weighted by molar-refractivity contribution is -0.173. The molecule has 0 radical (unpaired) electrons. The first-order valence-corrected chi connectivity index (χ1v) is 7.86. The van der Waals surface area contributed by atoms with E-state index < -0.39 is 36.4 Å². The number of aliphatic hydroxyl groups excluding tert-OH is 3. The van der Waals surface area contributed by atoms with Crippen molar-refractivity contribution in [3.8, 4) is 0 Å². The Hall–Kier alpha value is -0.740. The highest BCUT2D eigenvalue weighted by Gasteiger charge is 2.45. The van der Waals surface area contributed by atoms with Crippen LogP contribution >= 0.6 is 11.8 Å². The van der Waals surface area contributed by atoms with Crippen LogP contribution in [0, 0.1) is 0 Å². The van der Waals surface area contributed by atoms with E-state index in [-0.39, 0.29) is 11.6 Å². The number of aliphatic hydroxyl groups is 3. The lowest BCUT2D eigenvalue weighted by Gasteiger charge is -2.42. The molecule has 0 spiro atoms. The summed E-state index contributed by atoms with van der Waals surface area (Å²) in [5.74, 6) is 0.354. The molecule has 0 aromatic rings. The van der Waals surface area contributed by atoms with E-state index in [4.69, 9.17) is 4.74 Å². The van der Waals surface area contributed by atoms with Gasteiger partial charge in [-0.2, -0.15) is 10.2 Å². The second-order valence-electron chi connectivity index (χ2n) is 5.47. The summed E-state index contributed by atoms with van der Waals surface area (Å²) in [6, 6.07) is -0.730. The fourth-order valence-electron chi connectivity index (χ4n) is 2.17. The van der Waals surface area contributed by atoms with E-state index in [1.807, 2.05) is 6.92 Å². The second kappa shape index (κ2) is 6.57. The molecule has 1 amide bonds. The summed E-state index contributed by atoms with van der Waals surface area (Å²) < 4.78 is 5.59. The predicted octanol–water partition coefficient (Wildman–Crippen LogP) is -0.765. The maximum absolute atomic E-state index is 11.3. The molecular weight excluding hydrogens is 298 g/mol. The first kappa shape index (κ1) is 16.6. The van der Waals surface area contributed by atoms with E-state index >= 15 is 0 Å². The molecule has 1 saturated heterocycles. The molecule has 0 aliphatic carbocycles. The summed E-state index contributed by atoms with van der Waals surface area (Å²) in [5, 5.41) is 39.6. The molecule has 2 aliphatic heterocycles. The lowest BCUT2D eigenvalue weighted by Crippen LogP contribution is -2.63. The first-order valence-electron chi connectivity index (χ1n) is 6.81. The average molecular weight is 319 g/mol. The summed E-state index contributed by atoms with van der Waals surface area (Å²) in [5.41, 5.74) is -0.869. The van der Waals surface area contributed by atoms with Crippen molar-refractivity contribution in [1.82, 2.24) is 5.32 Å². The molecule has 1 fully saturated rings. The van der Waals surface area contributed by atoms with Gasteiger partial charge in [-0.05, 0) is 6.92 Å². The second-order valence-corrected chi connectivity index (χ2v) is 6.68. The molecule has 0 bridgehead atoms. The zero-order chi connectivity index (χ0) is 15.6. The molecule has 2 aliphatic rings. The number of nitrogens with one attached hydrogen (secondary N) is 1. The van der Waals surface area contributed by atoms with E-state index in [2.05, 4.69) is 15.5 Å². The number of nitrogens with zero attached hydrogens (tertiary/aromatic N) is 2. The highest BCUT2D eigenvalue weighted by atomic mass is 32.2. The van der Waals surface area contributed by atoms with Gasteiger partial charge in [0.2, 0.25) is 5.91 Å². The van der Waals surface area contributed by atoms with Gasteiger partial charge >= 0.3 is 0 Å². The smallest absolute Gasteiger partial charge is 0.217 e. The van der Waals surface area contributed by atoms with Crippen LogP contribution in [0.2, 0.25) is 0 Å². The largest absolute Gasteiger partial charge is 0.394 e. The molecule has 4 N–H and O–H groups in total. The number of ether oxygens (including phenoxy) is 1. The fourth-order valence-corrected chi connectivity index (χ4v) is 3.56. The zero-order valence-corrected chi connectivity index (χ0v) is 12.8. The van der Waals surface area contributed by atoms with Gasteiger partial charge in [0.1, 0.15) is 23.7 Å². The SMILES string of the molecule is CC(=O)N[C@@H]1[C@@H](O)[C@@H](O)[C@@H](CO)O[C@H]1SCCC1(C)N=N1. The van der Waals surface area contributed by atoms with Gasteiger partial charge in [0.25, 0.3) is 0 Å². The minimum atomic E-state index is -1.24. The van der Waals surface area contributed by atoms with Gasteiger partial charge in [-0.1, -0.05) is 0 Å². The van der Waals surface area contributed by atoms with E-state index in [0.29, 0.717) is 5.75 Å². The van der Waals surface area contributed by atoms with E-state index in [1.54, 1.807) is 0 Å². The highest BCUT2D eigenvalue weighted by molar-refractivity contribution is 7.99. The monoisotopic (exact) mass is 319 g/mol. The topological polar surface area (TPSA) is 124 Å². The van der Waals surface area contributed by atoms with Gasteiger partial charge in [-0.3, -0.25) is 4.79 Å². The molecule has 21 heavy (non-hydrogen) atoms. The van der Waals surface area contributed by atoms with Gasteiger partial charge in [-0.15, -0.1) is 11.8 Å². The Kier molecular flexibility index (Phi) is 5.20. The van der Waals surface area contributed by atoms with Crippen molar-refractivity contribution in [2.75, 3.05) is 12.4 Å². The molecule has 9 heteroatoms. The third kappa shape index (κ3) is 4.13. The van der Waals surface area contributed by atoms with Gasteiger partial charge in [0.15, 0.2) is 5.66 Å². The van der Waals surface area contributed by atoms with Gasteiger partial charge in [0, 0.05) is 19.1 Å². The van der Waals surface area contributed by atoms with Crippen molar-refractivity contribution in [3.63, 3.8) is 0 Å². The van der Waals surface area contributed by atoms with E-state index in [1.165, 1.54) is 18.7 Å². The third-order valence-corrected chi connectivity index (χ3v) is 4.72. The van der Waals surface area contributed by atoms with Crippen LogP contribution in [-0.2, 0) is 9.53 Å². The van der Waals surface area contributed by atoms with Gasteiger partial charge in [-0.25, -0.2) is 0 Å². The normalized spacial score (nSPS) is 37.3. The van der Waals surface area contributed by atoms with Crippen LogP contribution in [0.3, 0.4) is 0 Å². The Morgan fingerprint density at radius 1 is 1.38 bits per heavy atom. The number of rotatable bonds is 6. The van der Waals surface area contributed by atoms with E-state index in [0.717, 1.165) is 6.42 Å². The van der Waals surface area contributed by atoms with E-state index in [9.17, 15) is 20.1 Å². The van der Waals surface area contributed by atoms with Crippen molar-refractivity contribution in [2.24, 2.45) is 10.2 Å². The summed E-state index contributed by atoms with van der Waals surface area (Å²) in [6.07, 6.45) is -2.57. The number of carbonyl (C=O) groups is 1. The summed E-state index contributed by atoms with van der Waals surface area (Å²) in [4.78, 5) is 11.3. The lowest BCUT2D eigenvalue weighted by atomic mass is 9.98. The molecule has 8 nitrogen and oxygen atoms in total. The van der Waals surface area contributed by atoms with Crippen LogP contribution in [0.5, 0.6) is 0 Å². The predicted molar refractivity (Wildman–Crippen MR) is 75.7 cm³/mol. The van der Waals surface area contributed by atoms with Crippen LogP contribution in [0.15, 0.2) is 10.2 Å². The number of carbonyl (C=O) groups excluding carboxylic acids is 1. The summed E-state index contributed by atoms with van der Waals surface area (Å²) >= 11 is 1.40. The molecule has 5 atom stereocenters. The van der Waals surface area contributed by atoms with Crippen LogP contribution in [0.25, 0.3) is 0 Å². The standard InChI is InChI=1S/C12H21N3O5S/c1-6(17)13-8-10(19)9(18)7(5-16)20-11(8)21-4-3-12(2)14-15-12/h7-11,16,18-19H,3-5H2,1-2H3,(H,13,17)/t7-,8-,9+,10-,11+/m1/s1. The average Bonchev–Trinajstić information content (AvgIpc) is 3.15. The van der Waals surface area contributed by atoms with Gasteiger partial charge in [0.05, 0.1) is 12.6 Å². The highest BCUT2D eigenvalue weighted by Crippen LogP contribution is 2.35. The minimum absolute atomic E-state index is 0.318. The van der Waals surface area contributed by atoms with Crippen LogP contribution < -0.4 is 5.32 Å². The van der Waals surface area contributed by atoms with Crippen molar-refractivity contribution in [2.45, 2.75) is 55.7 Å². The van der Waals surface area contributed by atoms with Crippen LogP contribution in [0.4, 0.5) is 0 Å². The van der Waals surface area contributed by atoms with Crippen molar-refractivity contribution < 1.29 is 24.9 Å².